The summed E-state index contributed by atoms with van der Waals surface area (Å²) in [7, 11) is 0. The number of hydrogen-bond acceptors (Lipinski definition) is 3. The minimum atomic E-state index is -4.45. The van der Waals surface area contributed by atoms with E-state index < -0.39 is 17.6 Å². The number of halogens is 4. The normalized spacial score (nSPS) is 12.0. The van der Waals surface area contributed by atoms with Gasteiger partial charge in [0.2, 0.25) is 0 Å². The van der Waals surface area contributed by atoms with Gasteiger partial charge in [-0.25, -0.2) is 4.39 Å². The second-order valence-corrected chi connectivity index (χ2v) is 5.43. The number of hydrogen-bond donors (Lipinski definition) is 1. The zero-order valence-electron chi connectivity index (χ0n) is 13.1. The minimum absolute atomic E-state index is 0.265. The first-order valence-corrected chi connectivity index (χ1v) is 7.37. The first-order chi connectivity index (χ1) is 11.8. The smallest absolute Gasteiger partial charge is 0.278 e. The maximum Gasteiger partial charge on any atom is 0.416 e. The Bertz CT molecular complexity index is 949. The van der Waals surface area contributed by atoms with Crippen LogP contribution < -0.4 is 5.43 Å². The summed E-state index contributed by atoms with van der Waals surface area (Å²) in [5.41, 5.74) is 3.57. The number of alkyl halides is 3. The largest absolute Gasteiger partial charge is 0.416 e. The van der Waals surface area contributed by atoms with Crippen LogP contribution in [0.2, 0.25) is 0 Å². The SMILES string of the molecule is Cc1cc(N/N=C/c2ccccc2F)c2cc(C(F)(F)F)ccc2n1. The third kappa shape index (κ3) is 3.76. The minimum Gasteiger partial charge on any atom is -0.278 e. The molecule has 1 aromatic heterocycles. The van der Waals surface area contributed by atoms with Crippen LogP contribution in [0.25, 0.3) is 10.9 Å². The fraction of sp³-hybridized carbons (Fsp3) is 0.111. The maximum absolute atomic E-state index is 13.6. The summed E-state index contributed by atoms with van der Waals surface area (Å²) in [5, 5.41) is 4.22. The number of pyridine rings is 1. The molecule has 1 N–H and O–H groups in total. The molecule has 2 aromatic carbocycles. The van der Waals surface area contributed by atoms with E-state index >= 15 is 0 Å². The molecule has 3 aromatic rings. The van der Waals surface area contributed by atoms with Crippen molar-refractivity contribution in [1.29, 1.82) is 0 Å². The first-order valence-electron chi connectivity index (χ1n) is 7.37. The highest BCUT2D eigenvalue weighted by Crippen LogP contribution is 2.33. The predicted molar refractivity (Wildman–Crippen MR) is 89.1 cm³/mol. The molecular formula is C18H13F4N3. The monoisotopic (exact) mass is 347 g/mol. The van der Waals surface area contributed by atoms with E-state index in [9.17, 15) is 17.6 Å². The van der Waals surface area contributed by atoms with Gasteiger partial charge in [0.25, 0.3) is 0 Å². The molecule has 7 heteroatoms. The van der Waals surface area contributed by atoms with E-state index in [0.717, 1.165) is 12.1 Å². The van der Waals surface area contributed by atoms with E-state index in [0.29, 0.717) is 16.9 Å². The van der Waals surface area contributed by atoms with Gasteiger partial charge in [0.05, 0.1) is 23.0 Å². The van der Waals surface area contributed by atoms with Crippen molar-refractivity contribution in [1.82, 2.24) is 4.98 Å². The van der Waals surface area contributed by atoms with Gasteiger partial charge in [-0.2, -0.15) is 18.3 Å². The molecule has 0 aliphatic heterocycles. The van der Waals surface area contributed by atoms with Crippen LogP contribution in [-0.4, -0.2) is 11.2 Å². The van der Waals surface area contributed by atoms with E-state index in [4.69, 9.17) is 0 Å². The van der Waals surface area contributed by atoms with E-state index in [1.54, 1.807) is 25.1 Å². The second-order valence-electron chi connectivity index (χ2n) is 5.43. The van der Waals surface area contributed by atoms with Crippen LogP contribution in [0.3, 0.4) is 0 Å². The van der Waals surface area contributed by atoms with Gasteiger partial charge in [0.1, 0.15) is 5.82 Å². The number of nitrogens with one attached hydrogen (secondary N) is 1. The van der Waals surface area contributed by atoms with Crippen molar-refractivity contribution in [2.45, 2.75) is 13.1 Å². The highest BCUT2D eigenvalue weighted by atomic mass is 19.4. The predicted octanol–water partition coefficient (Wildman–Crippen LogP) is 5.15. The van der Waals surface area contributed by atoms with Crippen molar-refractivity contribution in [2.75, 3.05) is 5.43 Å². The molecule has 0 aliphatic rings. The Morgan fingerprint density at radius 3 is 2.56 bits per heavy atom. The average Bonchev–Trinajstić information content (AvgIpc) is 2.55. The third-order valence-corrected chi connectivity index (χ3v) is 3.56. The molecule has 128 valence electrons. The Morgan fingerprint density at radius 1 is 1.08 bits per heavy atom. The van der Waals surface area contributed by atoms with Gasteiger partial charge in [0.15, 0.2) is 0 Å². The number of benzene rings is 2. The fourth-order valence-corrected chi connectivity index (χ4v) is 2.38. The Morgan fingerprint density at radius 2 is 1.84 bits per heavy atom. The van der Waals surface area contributed by atoms with Gasteiger partial charge in [-0.1, -0.05) is 18.2 Å². The number of hydrazone groups is 1. The van der Waals surface area contributed by atoms with Crippen molar-refractivity contribution >= 4 is 22.8 Å². The van der Waals surface area contributed by atoms with Crippen molar-refractivity contribution in [3.05, 3.63) is 71.2 Å². The van der Waals surface area contributed by atoms with Crippen LogP contribution >= 0.6 is 0 Å². The summed E-state index contributed by atoms with van der Waals surface area (Å²) in [6, 6.07) is 11.0. The Hall–Kier alpha value is -2.96. The molecule has 0 spiro atoms. The van der Waals surface area contributed by atoms with E-state index in [-0.39, 0.29) is 10.9 Å². The fourth-order valence-electron chi connectivity index (χ4n) is 2.38. The molecule has 25 heavy (non-hydrogen) atoms. The summed E-state index contributed by atoms with van der Waals surface area (Å²) < 4.78 is 52.4. The van der Waals surface area contributed by atoms with E-state index in [2.05, 4.69) is 15.5 Å². The van der Waals surface area contributed by atoms with Gasteiger partial charge in [0, 0.05) is 16.6 Å². The van der Waals surface area contributed by atoms with Gasteiger partial charge < -0.3 is 0 Å². The summed E-state index contributed by atoms with van der Waals surface area (Å²) in [5.74, 6) is -0.442. The highest BCUT2D eigenvalue weighted by Gasteiger charge is 2.30. The van der Waals surface area contributed by atoms with Crippen LogP contribution in [-0.2, 0) is 6.18 Å². The van der Waals surface area contributed by atoms with Crippen LogP contribution in [0.4, 0.5) is 23.2 Å². The number of rotatable bonds is 3. The molecule has 0 atom stereocenters. The standard InChI is InChI=1S/C18H13F4N3/c1-11-8-17(25-23-10-12-4-2-3-5-15(12)19)14-9-13(18(20,21)22)6-7-16(14)24-11/h2-10H,1H3,(H,24,25)/b23-10+. The lowest BCUT2D eigenvalue weighted by Crippen LogP contribution is -2.05. The Kier molecular flexibility index (Phi) is 4.39. The number of anilines is 1. The lowest BCUT2D eigenvalue weighted by atomic mass is 10.1. The van der Waals surface area contributed by atoms with Crippen LogP contribution in [0.15, 0.2) is 53.6 Å². The van der Waals surface area contributed by atoms with Crippen molar-refractivity contribution in [3.8, 4) is 0 Å². The number of aryl methyl sites for hydroxylation is 1. The first kappa shape index (κ1) is 16.9. The van der Waals surface area contributed by atoms with E-state index in [1.807, 2.05) is 0 Å². The number of nitrogens with zero attached hydrogens (tertiary/aromatic N) is 2. The Balaban J connectivity index is 1.98. The quantitative estimate of drug-likeness (QED) is 0.404. The topological polar surface area (TPSA) is 37.3 Å². The molecule has 0 radical (unpaired) electrons. The summed E-state index contributed by atoms with van der Waals surface area (Å²) in [6.45, 7) is 1.73. The molecule has 0 fully saturated rings. The molecule has 0 amide bonds. The number of aromatic nitrogens is 1. The second kappa shape index (κ2) is 6.51. The molecule has 0 aliphatic carbocycles. The zero-order chi connectivity index (χ0) is 18.0. The van der Waals surface area contributed by atoms with Gasteiger partial charge >= 0.3 is 6.18 Å². The summed E-state index contributed by atoms with van der Waals surface area (Å²) in [6.07, 6.45) is -3.18. The summed E-state index contributed by atoms with van der Waals surface area (Å²) >= 11 is 0. The third-order valence-electron chi connectivity index (χ3n) is 3.56. The van der Waals surface area contributed by atoms with Crippen molar-refractivity contribution in [3.63, 3.8) is 0 Å². The Labute approximate surface area is 141 Å². The molecule has 3 rings (SSSR count). The molecule has 1 heterocycles. The zero-order valence-corrected chi connectivity index (χ0v) is 13.1. The highest BCUT2D eigenvalue weighted by molar-refractivity contribution is 5.92. The summed E-state index contributed by atoms with van der Waals surface area (Å²) in [4.78, 5) is 4.22. The number of fused-ring (bicyclic) bond motifs is 1. The molecule has 0 bridgehead atoms. The van der Waals surface area contributed by atoms with Crippen LogP contribution in [0, 0.1) is 12.7 Å². The van der Waals surface area contributed by atoms with Crippen molar-refractivity contribution < 1.29 is 17.6 Å². The average molecular weight is 347 g/mol. The molecule has 0 unspecified atom stereocenters. The lowest BCUT2D eigenvalue weighted by molar-refractivity contribution is -0.137. The molecular weight excluding hydrogens is 334 g/mol. The molecule has 0 saturated carbocycles. The van der Waals surface area contributed by atoms with Crippen LogP contribution in [0.1, 0.15) is 16.8 Å². The van der Waals surface area contributed by atoms with Crippen molar-refractivity contribution in [2.24, 2.45) is 5.10 Å². The molecule has 0 saturated heterocycles. The maximum atomic E-state index is 13.6. The van der Waals surface area contributed by atoms with Gasteiger partial charge in [-0.3, -0.25) is 10.4 Å². The van der Waals surface area contributed by atoms with Crippen LogP contribution in [0.5, 0.6) is 0 Å². The van der Waals surface area contributed by atoms with Gasteiger partial charge in [-0.05, 0) is 37.3 Å². The van der Waals surface area contributed by atoms with E-state index in [1.165, 1.54) is 24.4 Å². The molecule has 3 nitrogen and oxygen atoms in total. The lowest BCUT2D eigenvalue weighted by Gasteiger charge is -2.11. The van der Waals surface area contributed by atoms with Gasteiger partial charge in [-0.15, -0.1) is 0 Å².